The van der Waals surface area contributed by atoms with Crippen LogP contribution in [0.15, 0.2) is 0 Å². The summed E-state index contributed by atoms with van der Waals surface area (Å²) in [7, 11) is 0. The first kappa shape index (κ1) is 11.7. The maximum atomic E-state index is 12.0. The molecule has 2 saturated heterocycles. The third kappa shape index (κ3) is 2.65. The van der Waals surface area contributed by atoms with Gasteiger partial charge >= 0.3 is 6.03 Å². The number of rotatable bonds is 1. The summed E-state index contributed by atoms with van der Waals surface area (Å²) >= 11 is 0. The van der Waals surface area contributed by atoms with Crippen LogP contribution in [0.2, 0.25) is 0 Å². The molecular formula is C11H20N2O3. The van der Waals surface area contributed by atoms with E-state index in [1.165, 1.54) is 0 Å². The van der Waals surface area contributed by atoms with E-state index in [-0.39, 0.29) is 24.2 Å². The molecule has 0 aromatic carbocycles. The molecule has 2 fully saturated rings. The summed E-state index contributed by atoms with van der Waals surface area (Å²) in [6.45, 7) is 6.68. The number of hydrogen-bond acceptors (Lipinski definition) is 3. The standard InChI is InChI=1S/C11H20N2O3/c1-8-6-16-9(2)5-13(8)11(14)12-10-3-4-15-7-10/h8-10H,3-7H2,1-2H3,(H,12,14). The van der Waals surface area contributed by atoms with E-state index in [4.69, 9.17) is 9.47 Å². The highest BCUT2D eigenvalue weighted by molar-refractivity contribution is 5.75. The van der Waals surface area contributed by atoms with Gasteiger partial charge in [0.2, 0.25) is 0 Å². The molecule has 2 aliphatic rings. The van der Waals surface area contributed by atoms with E-state index in [1.807, 2.05) is 18.7 Å². The van der Waals surface area contributed by atoms with Crippen molar-refractivity contribution in [2.45, 2.75) is 38.5 Å². The third-order valence-electron chi connectivity index (χ3n) is 3.13. The summed E-state index contributed by atoms with van der Waals surface area (Å²) in [5.41, 5.74) is 0. The van der Waals surface area contributed by atoms with E-state index in [0.29, 0.717) is 19.8 Å². The summed E-state index contributed by atoms with van der Waals surface area (Å²) in [6, 6.07) is 0.342. The van der Waals surface area contributed by atoms with Crippen LogP contribution in [-0.2, 0) is 9.47 Å². The maximum absolute atomic E-state index is 12.0. The van der Waals surface area contributed by atoms with Crippen LogP contribution in [0.1, 0.15) is 20.3 Å². The Morgan fingerprint density at radius 1 is 1.38 bits per heavy atom. The number of nitrogens with zero attached hydrogens (tertiary/aromatic N) is 1. The van der Waals surface area contributed by atoms with Gasteiger partial charge in [-0.15, -0.1) is 0 Å². The van der Waals surface area contributed by atoms with Crippen molar-refractivity contribution in [3.05, 3.63) is 0 Å². The minimum Gasteiger partial charge on any atom is -0.379 e. The summed E-state index contributed by atoms with van der Waals surface area (Å²) in [6.07, 6.45) is 1.04. The zero-order chi connectivity index (χ0) is 11.5. The lowest BCUT2D eigenvalue weighted by Gasteiger charge is -2.37. The Hall–Kier alpha value is -0.810. The monoisotopic (exact) mass is 228 g/mol. The highest BCUT2D eigenvalue weighted by Gasteiger charge is 2.29. The SMILES string of the molecule is CC1CN(C(=O)NC2CCOC2)C(C)CO1. The van der Waals surface area contributed by atoms with Crippen molar-refractivity contribution in [2.24, 2.45) is 0 Å². The molecule has 5 heteroatoms. The lowest BCUT2D eigenvalue weighted by molar-refractivity contribution is -0.0321. The molecular weight excluding hydrogens is 208 g/mol. The van der Waals surface area contributed by atoms with E-state index in [9.17, 15) is 4.79 Å². The van der Waals surface area contributed by atoms with Gasteiger partial charge in [-0.05, 0) is 20.3 Å². The molecule has 0 spiro atoms. The first-order chi connectivity index (χ1) is 7.66. The molecule has 2 rings (SSSR count). The predicted octanol–water partition coefficient (Wildman–Crippen LogP) is 0.594. The van der Waals surface area contributed by atoms with Crippen molar-refractivity contribution in [2.75, 3.05) is 26.4 Å². The minimum atomic E-state index is 0.0122. The molecule has 0 radical (unpaired) electrons. The fraction of sp³-hybridized carbons (Fsp3) is 0.909. The quantitative estimate of drug-likeness (QED) is 0.715. The van der Waals surface area contributed by atoms with E-state index < -0.39 is 0 Å². The molecule has 0 saturated carbocycles. The maximum Gasteiger partial charge on any atom is 0.318 e. The molecule has 2 heterocycles. The average Bonchev–Trinajstić information content (AvgIpc) is 2.74. The van der Waals surface area contributed by atoms with Crippen LogP contribution in [0.3, 0.4) is 0 Å². The highest BCUT2D eigenvalue weighted by atomic mass is 16.5. The van der Waals surface area contributed by atoms with Gasteiger partial charge in [0.1, 0.15) is 0 Å². The molecule has 3 atom stereocenters. The van der Waals surface area contributed by atoms with Gasteiger partial charge in [0.05, 0.1) is 31.4 Å². The summed E-state index contributed by atoms with van der Waals surface area (Å²) in [5, 5.41) is 3.01. The normalized spacial score (nSPS) is 35.1. The Balaban J connectivity index is 1.86. The van der Waals surface area contributed by atoms with Crippen LogP contribution in [0.5, 0.6) is 0 Å². The number of ether oxygens (including phenoxy) is 2. The van der Waals surface area contributed by atoms with Crippen LogP contribution >= 0.6 is 0 Å². The van der Waals surface area contributed by atoms with E-state index in [0.717, 1.165) is 13.0 Å². The Bertz CT molecular complexity index is 254. The van der Waals surface area contributed by atoms with Gasteiger partial charge in [-0.1, -0.05) is 0 Å². The Kier molecular flexibility index (Phi) is 3.66. The summed E-state index contributed by atoms with van der Waals surface area (Å²) in [4.78, 5) is 13.9. The van der Waals surface area contributed by atoms with Gasteiger partial charge in [-0.3, -0.25) is 0 Å². The fourth-order valence-electron chi connectivity index (χ4n) is 2.09. The molecule has 92 valence electrons. The van der Waals surface area contributed by atoms with Crippen molar-refractivity contribution >= 4 is 6.03 Å². The first-order valence-corrected chi connectivity index (χ1v) is 5.93. The lowest BCUT2D eigenvalue weighted by atomic mass is 10.2. The molecule has 0 aromatic heterocycles. The van der Waals surface area contributed by atoms with E-state index in [1.54, 1.807) is 0 Å². The zero-order valence-electron chi connectivity index (χ0n) is 9.94. The van der Waals surface area contributed by atoms with Gasteiger partial charge in [-0.25, -0.2) is 4.79 Å². The number of morpholine rings is 1. The van der Waals surface area contributed by atoms with Crippen LogP contribution < -0.4 is 5.32 Å². The van der Waals surface area contributed by atoms with Gasteiger partial charge in [0, 0.05) is 13.2 Å². The molecule has 2 amide bonds. The highest BCUT2D eigenvalue weighted by Crippen LogP contribution is 2.12. The largest absolute Gasteiger partial charge is 0.379 e. The number of carbonyl (C=O) groups is 1. The van der Waals surface area contributed by atoms with Crippen molar-refractivity contribution in [3.63, 3.8) is 0 Å². The number of amides is 2. The van der Waals surface area contributed by atoms with Crippen molar-refractivity contribution in [3.8, 4) is 0 Å². The van der Waals surface area contributed by atoms with Crippen LogP contribution in [0.25, 0.3) is 0 Å². The second-order valence-electron chi connectivity index (χ2n) is 4.66. The third-order valence-corrected chi connectivity index (χ3v) is 3.13. The van der Waals surface area contributed by atoms with Gasteiger partial charge < -0.3 is 19.7 Å². The number of urea groups is 1. The topological polar surface area (TPSA) is 50.8 Å². The Labute approximate surface area is 96.1 Å². The van der Waals surface area contributed by atoms with E-state index in [2.05, 4.69) is 5.32 Å². The second kappa shape index (κ2) is 5.01. The van der Waals surface area contributed by atoms with Gasteiger partial charge in [0.15, 0.2) is 0 Å². The number of hydrogen-bond donors (Lipinski definition) is 1. The fourth-order valence-corrected chi connectivity index (χ4v) is 2.09. The lowest BCUT2D eigenvalue weighted by Crippen LogP contribution is -2.55. The van der Waals surface area contributed by atoms with Gasteiger partial charge in [0.25, 0.3) is 0 Å². The predicted molar refractivity (Wildman–Crippen MR) is 59.3 cm³/mol. The van der Waals surface area contributed by atoms with E-state index >= 15 is 0 Å². The zero-order valence-corrected chi connectivity index (χ0v) is 9.94. The number of nitrogens with one attached hydrogen (secondary N) is 1. The smallest absolute Gasteiger partial charge is 0.318 e. The molecule has 16 heavy (non-hydrogen) atoms. The Morgan fingerprint density at radius 3 is 2.88 bits per heavy atom. The number of carbonyl (C=O) groups excluding carboxylic acids is 1. The molecule has 5 nitrogen and oxygen atoms in total. The molecule has 1 N–H and O–H groups in total. The molecule has 0 aromatic rings. The minimum absolute atomic E-state index is 0.0122. The molecule has 0 aliphatic carbocycles. The first-order valence-electron chi connectivity index (χ1n) is 5.93. The second-order valence-corrected chi connectivity index (χ2v) is 4.66. The Morgan fingerprint density at radius 2 is 2.19 bits per heavy atom. The molecule has 3 unspecified atom stereocenters. The molecule has 2 aliphatic heterocycles. The van der Waals surface area contributed by atoms with Crippen molar-refractivity contribution < 1.29 is 14.3 Å². The van der Waals surface area contributed by atoms with Crippen LogP contribution in [0, 0.1) is 0 Å². The van der Waals surface area contributed by atoms with Crippen molar-refractivity contribution in [1.82, 2.24) is 10.2 Å². The van der Waals surface area contributed by atoms with Crippen molar-refractivity contribution in [1.29, 1.82) is 0 Å². The molecule has 0 bridgehead atoms. The van der Waals surface area contributed by atoms with Crippen LogP contribution in [-0.4, -0.2) is 55.5 Å². The summed E-state index contributed by atoms with van der Waals surface area (Å²) in [5.74, 6) is 0. The van der Waals surface area contributed by atoms with Crippen LogP contribution in [0.4, 0.5) is 4.79 Å². The van der Waals surface area contributed by atoms with Gasteiger partial charge in [-0.2, -0.15) is 0 Å². The average molecular weight is 228 g/mol. The summed E-state index contributed by atoms with van der Waals surface area (Å²) < 4.78 is 10.7.